The fourth-order valence-corrected chi connectivity index (χ4v) is 6.61. The Balaban J connectivity index is 1.44. The second kappa shape index (κ2) is 11.1. The normalized spacial score (nSPS) is 27.7. The Labute approximate surface area is 239 Å². The molecule has 3 heterocycles. The first-order valence-corrected chi connectivity index (χ1v) is 14.0. The predicted octanol–water partition coefficient (Wildman–Crippen LogP) is 6.28. The number of hydrogen-bond acceptors (Lipinski definition) is 4. The van der Waals surface area contributed by atoms with Crippen LogP contribution >= 0.6 is 0 Å². The van der Waals surface area contributed by atoms with Gasteiger partial charge in [0.15, 0.2) is 0 Å². The van der Waals surface area contributed by atoms with Gasteiger partial charge in [-0.05, 0) is 74.6 Å². The summed E-state index contributed by atoms with van der Waals surface area (Å²) in [6.07, 6.45) is -9.41. The average molecular weight is 602 g/mol. The molecule has 2 aromatic carbocycles. The van der Waals surface area contributed by atoms with E-state index < -0.39 is 47.4 Å². The van der Waals surface area contributed by atoms with Gasteiger partial charge in [-0.1, -0.05) is 12.1 Å². The first kappa shape index (κ1) is 30.7. The van der Waals surface area contributed by atoms with Crippen molar-refractivity contribution in [1.29, 1.82) is 0 Å². The Bertz CT molecular complexity index is 1250. The zero-order valence-corrected chi connectivity index (χ0v) is 23.3. The molecule has 0 saturated carbocycles. The van der Waals surface area contributed by atoms with E-state index in [2.05, 4.69) is 4.90 Å². The Morgan fingerprint density at radius 2 is 1.55 bits per heavy atom. The largest absolute Gasteiger partial charge is 0.416 e. The smallest absolute Gasteiger partial charge is 0.368 e. The third-order valence-corrected chi connectivity index (χ3v) is 9.01. The zero-order valence-electron chi connectivity index (χ0n) is 23.3. The van der Waals surface area contributed by atoms with Gasteiger partial charge in [-0.25, -0.2) is 4.39 Å². The van der Waals surface area contributed by atoms with E-state index in [4.69, 9.17) is 10.5 Å². The highest BCUT2D eigenvalue weighted by molar-refractivity contribution is 5.79. The fourth-order valence-electron chi connectivity index (χ4n) is 6.61. The number of nitrogens with two attached hydrogens (primary N) is 1. The summed E-state index contributed by atoms with van der Waals surface area (Å²) in [4.78, 5) is 17.4. The number of rotatable bonds is 5. The van der Waals surface area contributed by atoms with Crippen LogP contribution in [0.2, 0.25) is 0 Å². The molecule has 0 spiro atoms. The van der Waals surface area contributed by atoms with Gasteiger partial charge in [-0.3, -0.25) is 9.69 Å². The third-order valence-electron chi connectivity index (χ3n) is 9.01. The Kier molecular flexibility index (Phi) is 8.12. The number of halogens is 7. The van der Waals surface area contributed by atoms with Gasteiger partial charge in [-0.15, -0.1) is 0 Å². The van der Waals surface area contributed by atoms with E-state index in [1.54, 1.807) is 17.0 Å². The summed E-state index contributed by atoms with van der Waals surface area (Å²) in [6.45, 7) is 5.01. The number of amides is 1. The summed E-state index contributed by atoms with van der Waals surface area (Å²) in [7, 11) is 0. The number of ether oxygens (including phenoxy) is 1. The Morgan fingerprint density at radius 3 is 2.10 bits per heavy atom. The van der Waals surface area contributed by atoms with Crippen LogP contribution in [0.5, 0.6) is 0 Å². The first-order valence-electron chi connectivity index (χ1n) is 14.0. The topological polar surface area (TPSA) is 58.8 Å². The van der Waals surface area contributed by atoms with Crippen molar-refractivity contribution in [3.05, 3.63) is 70.5 Å². The van der Waals surface area contributed by atoms with Gasteiger partial charge < -0.3 is 15.4 Å². The summed E-state index contributed by atoms with van der Waals surface area (Å²) in [6, 6.07) is 6.78. The minimum absolute atomic E-state index is 0.0493. The lowest BCUT2D eigenvalue weighted by molar-refractivity contribution is -0.143. The minimum Gasteiger partial charge on any atom is -0.368 e. The SMILES string of the molecule is C[C@@H](O[C@H]1CN2C(=O)CC(N3CCC(C)(N)CC3)C[C@H]2C1c1ccc(F)cc1)c1cc(C(F)(F)F)cc(C(F)(F)F)c1. The zero-order chi connectivity index (χ0) is 30.6. The van der Waals surface area contributed by atoms with Crippen molar-refractivity contribution in [3.63, 3.8) is 0 Å². The first-order chi connectivity index (χ1) is 19.5. The summed E-state index contributed by atoms with van der Waals surface area (Å²) >= 11 is 0. The van der Waals surface area contributed by atoms with Crippen LogP contribution in [-0.4, -0.2) is 59.1 Å². The highest BCUT2D eigenvalue weighted by atomic mass is 19.4. The minimum atomic E-state index is -4.99. The number of hydrogen-bond donors (Lipinski definition) is 1. The van der Waals surface area contributed by atoms with E-state index in [0.717, 1.165) is 25.9 Å². The molecule has 3 saturated heterocycles. The maximum Gasteiger partial charge on any atom is 0.416 e. The van der Waals surface area contributed by atoms with Crippen molar-refractivity contribution in [2.45, 2.75) is 87.6 Å². The number of piperidine rings is 2. The van der Waals surface area contributed by atoms with Crippen LogP contribution in [0, 0.1) is 5.82 Å². The van der Waals surface area contributed by atoms with Crippen LogP contribution in [-0.2, 0) is 21.9 Å². The lowest BCUT2D eigenvalue weighted by atomic mass is 9.82. The lowest BCUT2D eigenvalue weighted by Crippen LogP contribution is -2.56. The molecule has 0 bridgehead atoms. The monoisotopic (exact) mass is 601 g/mol. The van der Waals surface area contributed by atoms with E-state index in [1.807, 2.05) is 6.92 Å². The number of alkyl halides is 6. The van der Waals surface area contributed by atoms with Crippen molar-refractivity contribution in [1.82, 2.24) is 9.80 Å². The molecule has 3 aliphatic rings. The summed E-state index contributed by atoms with van der Waals surface area (Å²) in [5.74, 6) is -1.02. The predicted molar refractivity (Wildman–Crippen MR) is 141 cm³/mol. The number of nitrogens with zero attached hydrogens (tertiary/aromatic N) is 2. The molecular formula is C30H34F7N3O2. The van der Waals surface area contributed by atoms with Crippen molar-refractivity contribution in [2.24, 2.45) is 5.73 Å². The third kappa shape index (κ3) is 6.45. The van der Waals surface area contributed by atoms with E-state index >= 15 is 0 Å². The van der Waals surface area contributed by atoms with Crippen molar-refractivity contribution >= 4 is 5.91 Å². The van der Waals surface area contributed by atoms with Gasteiger partial charge in [0.2, 0.25) is 5.91 Å². The highest BCUT2D eigenvalue weighted by Crippen LogP contribution is 2.45. The van der Waals surface area contributed by atoms with Gasteiger partial charge >= 0.3 is 12.4 Å². The number of likely N-dealkylation sites (tertiary alicyclic amines) is 1. The molecule has 2 N–H and O–H groups in total. The molecule has 5 nitrogen and oxygen atoms in total. The molecule has 42 heavy (non-hydrogen) atoms. The van der Waals surface area contributed by atoms with Gasteiger partial charge in [0.05, 0.1) is 23.3 Å². The molecule has 0 radical (unpaired) electrons. The van der Waals surface area contributed by atoms with Crippen molar-refractivity contribution in [2.75, 3.05) is 19.6 Å². The molecule has 0 aromatic heterocycles. The molecule has 230 valence electrons. The molecule has 3 aliphatic heterocycles. The van der Waals surface area contributed by atoms with Crippen molar-refractivity contribution < 1.29 is 40.3 Å². The van der Waals surface area contributed by atoms with E-state index in [-0.39, 0.29) is 41.7 Å². The number of fused-ring (bicyclic) bond motifs is 1. The van der Waals surface area contributed by atoms with Crippen LogP contribution in [0.1, 0.15) is 73.8 Å². The number of carbonyl (C=O) groups excluding carboxylic acids is 1. The Morgan fingerprint density at radius 1 is 0.976 bits per heavy atom. The van der Waals surface area contributed by atoms with Crippen LogP contribution in [0.25, 0.3) is 0 Å². The second-order valence-electron chi connectivity index (χ2n) is 12.1. The van der Waals surface area contributed by atoms with Gasteiger partial charge in [0.1, 0.15) is 5.82 Å². The van der Waals surface area contributed by atoms with Gasteiger partial charge in [0.25, 0.3) is 0 Å². The second-order valence-corrected chi connectivity index (χ2v) is 12.1. The maximum absolute atomic E-state index is 13.8. The quantitative estimate of drug-likeness (QED) is 0.410. The highest BCUT2D eigenvalue weighted by Gasteiger charge is 2.50. The van der Waals surface area contributed by atoms with E-state index in [0.29, 0.717) is 30.5 Å². The molecule has 5 atom stereocenters. The van der Waals surface area contributed by atoms with E-state index in [9.17, 15) is 35.5 Å². The maximum atomic E-state index is 13.8. The van der Waals surface area contributed by atoms with E-state index in [1.165, 1.54) is 19.1 Å². The van der Waals surface area contributed by atoms with Gasteiger partial charge in [-0.2, -0.15) is 26.3 Å². The van der Waals surface area contributed by atoms with Crippen LogP contribution < -0.4 is 5.73 Å². The molecule has 1 amide bonds. The molecular weight excluding hydrogens is 567 g/mol. The van der Waals surface area contributed by atoms with Crippen LogP contribution in [0.15, 0.2) is 42.5 Å². The fraction of sp³-hybridized carbons (Fsp3) is 0.567. The van der Waals surface area contributed by atoms with Crippen LogP contribution in [0.4, 0.5) is 30.7 Å². The van der Waals surface area contributed by atoms with Crippen molar-refractivity contribution in [3.8, 4) is 0 Å². The molecule has 3 fully saturated rings. The number of carbonyl (C=O) groups is 1. The molecule has 5 rings (SSSR count). The standard InChI is InChI=1S/C30H34F7N3O2/c1-17(19-11-20(29(32,33)34)13-21(12-19)30(35,36)37)42-25-16-40-24(27(25)18-3-5-22(31)6-4-18)14-23(15-26(40)41)39-9-7-28(2,38)8-10-39/h3-6,11-13,17,23-25,27H,7-10,14-16,38H2,1-2H3/t17-,23?,24+,25+,27?/m1/s1. The summed E-state index contributed by atoms with van der Waals surface area (Å²) < 4.78 is 101. The Hall–Kier alpha value is -2.70. The summed E-state index contributed by atoms with van der Waals surface area (Å²) in [5, 5.41) is 0. The number of benzene rings is 2. The lowest BCUT2D eigenvalue weighted by Gasteiger charge is -2.45. The molecule has 2 aromatic rings. The summed E-state index contributed by atoms with van der Waals surface area (Å²) in [5.41, 5.74) is 3.59. The van der Waals surface area contributed by atoms with Crippen LogP contribution in [0.3, 0.4) is 0 Å². The molecule has 0 aliphatic carbocycles. The van der Waals surface area contributed by atoms with Gasteiger partial charge in [0, 0.05) is 49.6 Å². The molecule has 2 unspecified atom stereocenters. The average Bonchev–Trinajstić information content (AvgIpc) is 3.26. The molecule has 12 heteroatoms.